The molecule has 4 nitrogen and oxygen atoms in total. The molecule has 0 bridgehead atoms. The van der Waals surface area contributed by atoms with Gasteiger partial charge >= 0.3 is 0 Å². The molecule has 0 saturated heterocycles. The van der Waals surface area contributed by atoms with E-state index in [1.165, 1.54) is 75.0 Å². The van der Waals surface area contributed by atoms with Crippen LogP contribution in [0.5, 0.6) is 0 Å². The van der Waals surface area contributed by atoms with Crippen LogP contribution in [0, 0.1) is 0 Å². The second-order valence-corrected chi connectivity index (χ2v) is 14.6. The first-order valence-electron chi connectivity index (χ1n) is 17.6. The van der Waals surface area contributed by atoms with Crippen molar-refractivity contribution in [2.45, 2.75) is 0 Å². The average molecular weight is 681 g/mol. The lowest BCUT2D eigenvalue weighted by Gasteiger charge is -2.11. The zero-order valence-electron chi connectivity index (χ0n) is 27.9. The Morgan fingerprint density at radius 2 is 1.15 bits per heavy atom. The molecule has 0 radical (unpaired) electrons. The van der Waals surface area contributed by atoms with Crippen LogP contribution in [0.25, 0.3) is 103 Å². The molecule has 12 rings (SSSR count). The van der Waals surface area contributed by atoms with Crippen molar-refractivity contribution in [3.63, 3.8) is 0 Å². The van der Waals surface area contributed by atoms with Gasteiger partial charge in [-0.1, -0.05) is 103 Å². The van der Waals surface area contributed by atoms with E-state index in [2.05, 4.69) is 177 Å². The first-order chi connectivity index (χ1) is 25.8. The highest BCUT2D eigenvalue weighted by molar-refractivity contribution is 7.25. The lowest BCUT2D eigenvalue weighted by Crippen LogP contribution is -1.95. The van der Waals surface area contributed by atoms with Crippen LogP contribution in [0.2, 0.25) is 0 Å². The largest absolute Gasteiger partial charge is 0.309 e. The number of nitrogens with zero attached hydrogens (tertiary/aromatic N) is 4. The maximum Gasteiger partial charge on any atom is 0.109 e. The Bertz CT molecular complexity index is 3410. The van der Waals surface area contributed by atoms with E-state index in [-0.39, 0.29) is 0 Å². The van der Waals surface area contributed by atoms with Gasteiger partial charge < -0.3 is 13.5 Å². The molecule has 242 valence electrons. The van der Waals surface area contributed by atoms with Crippen molar-refractivity contribution in [3.8, 4) is 22.5 Å². The molecule has 5 aromatic heterocycles. The van der Waals surface area contributed by atoms with E-state index in [4.69, 9.17) is 4.98 Å². The molecule has 12 aromatic rings. The molecule has 0 saturated carbocycles. The molecule has 5 heteroatoms. The van der Waals surface area contributed by atoms with Crippen molar-refractivity contribution in [1.29, 1.82) is 0 Å². The van der Waals surface area contributed by atoms with Gasteiger partial charge in [-0.25, -0.2) is 0 Å². The predicted molar refractivity (Wildman–Crippen MR) is 220 cm³/mol. The van der Waals surface area contributed by atoms with E-state index in [0.717, 1.165) is 27.9 Å². The molecule has 0 spiro atoms. The number of rotatable bonds is 3. The van der Waals surface area contributed by atoms with Gasteiger partial charge in [0.05, 0.1) is 44.8 Å². The maximum absolute atomic E-state index is 4.92. The number of hydrogen-bond acceptors (Lipinski definition) is 2. The van der Waals surface area contributed by atoms with E-state index in [1.54, 1.807) is 0 Å². The Balaban J connectivity index is 1.21. The maximum atomic E-state index is 4.92. The lowest BCUT2D eigenvalue weighted by atomic mass is 10.0. The van der Waals surface area contributed by atoms with Crippen LogP contribution in [0.3, 0.4) is 0 Å². The fourth-order valence-corrected chi connectivity index (χ4v) is 10.0. The Labute approximate surface area is 301 Å². The van der Waals surface area contributed by atoms with Crippen LogP contribution in [-0.4, -0.2) is 18.5 Å². The van der Waals surface area contributed by atoms with Gasteiger partial charge in [-0.2, -0.15) is 0 Å². The second kappa shape index (κ2) is 10.4. The molecule has 0 amide bonds. The highest BCUT2D eigenvalue weighted by atomic mass is 32.1. The van der Waals surface area contributed by atoms with Crippen LogP contribution in [0.1, 0.15) is 0 Å². The molecule has 0 atom stereocenters. The van der Waals surface area contributed by atoms with Crippen LogP contribution in [0.4, 0.5) is 0 Å². The monoisotopic (exact) mass is 680 g/mol. The molecule has 0 aliphatic carbocycles. The minimum atomic E-state index is 0.987. The van der Waals surface area contributed by atoms with E-state index in [9.17, 15) is 0 Å². The van der Waals surface area contributed by atoms with E-state index >= 15 is 0 Å². The zero-order chi connectivity index (χ0) is 33.9. The van der Waals surface area contributed by atoms with Gasteiger partial charge in [-0.3, -0.25) is 4.98 Å². The Kier molecular flexibility index (Phi) is 5.62. The molecule has 0 N–H and O–H groups in total. The predicted octanol–water partition coefficient (Wildman–Crippen LogP) is 12.7. The molecule has 0 aliphatic heterocycles. The van der Waals surface area contributed by atoms with Gasteiger partial charge in [0.2, 0.25) is 0 Å². The highest BCUT2D eigenvalue weighted by Gasteiger charge is 2.24. The molecular formula is C47H28N4S. The number of thiophene rings is 1. The highest BCUT2D eigenvalue weighted by Crippen LogP contribution is 2.47. The molecule has 0 unspecified atom stereocenters. The van der Waals surface area contributed by atoms with Crippen molar-refractivity contribution in [2.24, 2.45) is 0 Å². The Morgan fingerprint density at radius 3 is 2.04 bits per heavy atom. The number of fused-ring (bicyclic) bond motifs is 14. The Hall–Kier alpha value is -6.69. The van der Waals surface area contributed by atoms with E-state index in [1.807, 2.05) is 17.5 Å². The fraction of sp³-hybridized carbons (Fsp3) is 0. The van der Waals surface area contributed by atoms with Gasteiger partial charge in [0.1, 0.15) is 4.83 Å². The summed E-state index contributed by atoms with van der Waals surface area (Å²) in [5.41, 5.74) is 12.7. The number of para-hydroxylation sites is 5. The van der Waals surface area contributed by atoms with Crippen LogP contribution < -0.4 is 0 Å². The number of hydrogen-bond donors (Lipinski definition) is 0. The third-order valence-corrected chi connectivity index (χ3v) is 12.0. The minimum Gasteiger partial charge on any atom is -0.309 e. The summed E-state index contributed by atoms with van der Waals surface area (Å²) in [6.07, 6.45) is 2.04. The molecule has 52 heavy (non-hydrogen) atoms. The van der Waals surface area contributed by atoms with Crippen molar-refractivity contribution >= 4 is 91.8 Å². The third kappa shape index (κ3) is 3.67. The second-order valence-electron chi connectivity index (χ2n) is 13.6. The van der Waals surface area contributed by atoms with Crippen LogP contribution in [0.15, 0.2) is 170 Å². The normalized spacial score (nSPS) is 12.2. The molecule has 7 aromatic carbocycles. The molecular weight excluding hydrogens is 653 g/mol. The zero-order valence-corrected chi connectivity index (χ0v) is 28.7. The van der Waals surface area contributed by atoms with Gasteiger partial charge in [0.25, 0.3) is 0 Å². The average Bonchev–Trinajstić information content (AvgIpc) is 3.94. The number of benzene rings is 7. The molecule has 0 aliphatic rings. The van der Waals surface area contributed by atoms with E-state index < -0.39 is 0 Å². The standard InChI is InChI=1S/C47H28N4S/c1-2-14-30(15-3-1)49-37-21-8-4-17-32(37)33-25-26-40-45(46(33)49)44-35-19-6-11-24-42(35)52-47(44)50(40)31-16-12-13-29(27-31)43-34-18-5-9-22-38(34)51-39-23-10-7-20-36(39)48-28-41(43)51/h1-28H. The fourth-order valence-electron chi connectivity index (χ4n) is 8.76. The summed E-state index contributed by atoms with van der Waals surface area (Å²) < 4.78 is 8.63. The summed E-state index contributed by atoms with van der Waals surface area (Å²) in [7, 11) is 0. The van der Waals surface area contributed by atoms with E-state index in [0.29, 0.717) is 0 Å². The molecule has 0 fully saturated rings. The van der Waals surface area contributed by atoms with Gasteiger partial charge in [0.15, 0.2) is 0 Å². The van der Waals surface area contributed by atoms with Crippen molar-refractivity contribution in [2.75, 3.05) is 0 Å². The first kappa shape index (κ1) is 28.1. The Morgan fingerprint density at radius 1 is 0.442 bits per heavy atom. The van der Waals surface area contributed by atoms with Gasteiger partial charge in [-0.05, 0) is 66.2 Å². The first-order valence-corrected chi connectivity index (χ1v) is 18.5. The minimum absolute atomic E-state index is 0.987. The van der Waals surface area contributed by atoms with Crippen molar-refractivity contribution in [3.05, 3.63) is 170 Å². The SMILES string of the molecule is c1ccc(-n2c3ccccc3c3ccc4c(c5c6ccccc6sc5n4-c4cccc(-c5c6ccccc6n6c5cnc5ccccc56)c4)c32)cc1. The topological polar surface area (TPSA) is 27.2 Å². The lowest BCUT2D eigenvalue weighted by molar-refractivity contribution is 1.18. The summed E-state index contributed by atoms with van der Waals surface area (Å²) in [4.78, 5) is 6.18. The van der Waals surface area contributed by atoms with Gasteiger partial charge in [0, 0.05) is 54.0 Å². The van der Waals surface area contributed by atoms with Crippen LogP contribution in [-0.2, 0) is 0 Å². The summed E-state index contributed by atoms with van der Waals surface area (Å²) in [5, 5.41) is 7.63. The number of aromatic nitrogens is 4. The summed E-state index contributed by atoms with van der Waals surface area (Å²) in [5.74, 6) is 0. The van der Waals surface area contributed by atoms with Gasteiger partial charge in [-0.15, -0.1) is 11.3 Å². The van der Waals surface area contributed by atoms with Crippen molar-refractivity contribution < 1.29 is 0 Å². The quantitative estimate of drug-likeness (QED) is 0.182. The third-order valence-electron chi connectivity index (χ3n) is 10.9. The van der Waals surface area contributed by atoms with Crippen LogP contribution >= 0.6 is 11.3 Å². The summed E-state index contributed by atoms with van der Waals surface area (Å²) in [6.45, 7) is 0. The smallest absolute Gasteiger partial charge is 0.109 e. The molecule has 5 heterocycles. The van der Waals surface area contributed by atoms with Crippen molar-refractivity contribution in [1.82, 2.24) is 18.5 Å². The summed E-state index contributed by atoms with van der Waals surface area (Å²) in [6, 6.07) is 59.4. The summed E-state index contributed by atoms with van der Waals surface area (Å²) >= 11 is 1.88.